The van der Waals surface area contributed by atoms with Crippen molar-refractivity contribution in [3.63, 3.8) is 0 Å². The van der Waals surface area contributed by atoms with E-state index in [1.165, 1.54) is 43.6 Å². The number of halogens is 2. The summed E-state index contributed by atoms with van der Waals surface area (Å²) in [7, 11) is -0.0219. The molecule has 0 heterocycles. The Balaban J connectivity index is 0. The number of hydrogen-bond donors (Lipinski definition) is 0. The molecule has 21 heavy (non-hydrogen) atoms. The fourth-order valence-corrected chi connectivity index (χ4v) is 5.48. The molecule has 124 valence electrons. The summed E-state index contributed by atoms with van der Waals surface area (Å²) in [5.41, 5.74) is 1.28. The van der Waals surface area contributed by atoms with Crippen LogP contribution in [-0.4, -0.2) is 17.4 Å². The standard InChI is InChI=1S/C17H31Cl2P.Ru/c1-5-7-13-20(14-8-6-2)17(19)12-11-16(18)10-9-15(3)4;/h9-10,17H,5-8,11-14H2,1-4H3;/q;+2. The van der Waals surface area contributed by atoms with Crippen LogP contribution >= 0.6 is 31.1 Å². The molecule has 4 heteroatoms. The van der Waals surface area contributed by atoms with Gasteiger partial charge in [0.1, 0.15) is 0 Å². The molecule has 0 amide bonds. The zero-order chi connectivity index (χ0) is 15.4. The van der Waals surface area contributed by atoms with Crippen molar-refractivity contribution in [1.29, 1.82) is 0 Å². The Kier molecular flexibility index (Phi) is 18.6. The zero-order valence-corrected chi connectivity index (χ0v) is 18.1. The average molecular weight is 438 g/mol. The molecule has 0 radical (unpaired) electrons. The van der Waals surface area contributed by atoms with Gasteiger partial charge in [-0.3, -0.25) is 0 Å². The molecule has 1 atom stereocenters. The third kappa shape index (κ3) is 14.4. The van der Waals surface area contributed by atoms with Gasteiger partial charge in [-0.15, -0.1) is 11.6 Å². The van der Waals surface area contributed by atoms with Crippen molar-refractivity contribution in [2.24, 2.45) is 0 Å². The van der Waals surface area contributed by atoms with Crippen LogP contribution in [0.4, 0.5) is 0 Å². The van der Waals surface area contributed by atoms with E-state index in [9.17, 15) is 0 Å². The molecule has 0 aliphatic heterocycles. The molecule has 0 aromatic carbocycles. The van der Waals surface area contributed by atoms with E-state index >= 15 is 0 Å². The Labute approximate surface area is 156 Å². The predicted molar refractivity (Wildman–Crippen MR) is 98.7 cm³/mol. The molecule has 0 rings (SSSR count). The number of unbranched alkanes of at least 4 members (excludes halogenated alkanes) is 2. The largest absolute Gasteiger partial charge is 2.00 e. The van der Waals surface area contributed by atoms with E-state index in [1.807, 2.05) is 6.08 Å². The number of allylic oxidation sites excluding steroid dienone is 4. The van der Waals surface area contributed by atoms with Crippen molar-refractivity contribution in [3.8, 4) is 0 Å². The normalized spacial score (nSPS) is 13.0. The van der Waals surface area contributed by atoms with Gasteiger partial charge in [0.15, 0.2) is 0 Å². The number of rotatable bonds is 11. The van der Waals surface area contributed by atoms with Crippen LogP contribution < -0.4 is 0 Å². The van der Waals surface area contributed by atoms with E-state index in [0.717, 1.165) is 17.9 Å². The van der Waals surface area contributed by atoms with Crippen LogP contribution in [0.2, 0.25) is 0 Å². The maximum atomic E-state index is 6.65. The van der Waals surface area contributed by atoms with E-state index < -0.39 is 0 Å². The molecule has 0 aromatic rings. The molecule has 0 spiro atoms. The first-order chi connectivity index (χ1) is 9.51. The van der Waals surface area contributed by atoms with Crippen molar-refractivity contribution < 1.29 is 19.5 Å². The minimum Gasteiger partial charge on any atom is -0.118 e. The van der Waals surface area contributed by atoms with Gasteiger partial charge >= 0.3 is 19.5 Å². The fraction of sp³-hybridized carbons (Fsp3) is 0.765. The van der Waals surface area contributed by atoms with Gasteiger partial charge in [-0.1, -0.05) is 57.9 Å². The Morgan fingerprint density at radius 3 is 2.00 bits per heavy atom. The minimum absolute atomic E-state index is 0. The number of hydrogen-bond acceptors (Lipinski definition) is 0. The van der Waals surface area contributed by atoms with Gasteiger partial charge in [-0.2, -0.15) is 0 Å². The fourth-order valence-electron chi connectivity index (χ4n) is 1.89. The van der Waals surface area contributed by atoms with Crippen molar-refractivity contribution in [1.82, 2.24) is 0 Å². The van der Waals surface area contributed by atoms with Gasteiger partial charge in [-0.25, -0.2) is 0 Å². The second-order valence-electron chi connectivity index (χ2n) is 5.57. The summed E-state index contributed by atoms with van der Waals surface area (Å²) in [6.07, 6.45) is 13.9. The molecular formula is C17H31Cl2PRu+2. The maximum Gasteiger partial charge on any atom is 2.00 e. The van der Waals surface area contributed by atoms with Crippen LogP contribution in [0.3, 0.4) is 0 Å². The molecule has 0 bridgehead atoms. The molecule has 0 saturated heterocycles. The Bertz CT molecular complexity index is 291. The van der Waals surface area contributed by atoms with Gasteiger partial charge in [-0.05, 0) is 57.9 Å². The average Bonchev–Trinajstić information content (AvgIpc) is 2.42. The third-order valence-electron chi connectivity index (χ3n) is 3.21. The monoisotopic (exact) mass is 438 g/mol. The second kappa shape index (κ2) is 16.0. The van der Waals surface area contributed by atoms with Crippen molar-refractivity contribution in [2.75, 3.05) is 12.3 Å². The molecule has 0 fully saturated rings. The van der Waals surface area contributed by atoms with E-state index in [2.05, 4.69) is 33.8 Å². The Morgan fingerprint density at radius 1 is 1.05 bits per heavy atom. The van der Waals surface area contributed by atoms with Crippen LogP contribution in [-0.2, 0) is 19.5 Å². The van der Waals surface area contributed by atoms with Crippen molar-refractivity contribution in [3.05, 3.63) is 22.8 Å². The first kappa shape index (κ1) is 24.4. The van der Waals surface area contributed by atoms with Crippen LogP contribution in [0.15, 0.2) is 22.8 Å². The van der Waals surface area contributed by atoms with Gasteiger partial charge in [0, 0.05) is 5.03 Å². The predicted octanol–water partition coefficient (Wildman–Crippen LogP) is 7.50. The summed E-state index contributed by atoms with van der Waals surface area (Å²) in [5.74, 6) is 0. The summed E-state index contributed by atoms with van der Waals surface area (Å²) in [6, 6.07) is 0. The van der Waals surface area contributed by atoms with E-state index in [4.69, 9.17) is 23.2 Å². The summed E-state index contributed by atoms with van der Waals surface area (Å²) in [6.45, 7) is 8.69. The minimum atomic E-state index is -0.0219. The van der Waals surface area contributed by atoms with Crippen molar-refractivity contribution in [2.45, 2.75) is 71.3 Å². The van der Waals surface area contributed by atoms with Gasteiger partial charge in [0.2, 0.25) is 0 Å². The van der Waals surface area contributed by atoms with E-state index in [-0.39, 0.29) is 27.4 Å². The summed E-state index contributed by atoms with van der Waals surface area (Å²) >= 11 is 12.9. The number of alkyl halides is 1. The summed E-state index contributed by atoms with van der Waals surface area (Å²) < 4.78 is 0. The molecule has 1 unspecified atom stereocenters. The smallest absolute Gasteiger partial charge is 0.118 e. The van der Waals surface area contributed by atoms with Crippen LogP contribution in [0.1, 0.15) is 66.2 Å². The van der Waals surface area contributed by atoms with Crippen LogP contribution in [0.25, 0.3) is 0 Å². The molecule has 0 saturated carbocycles. The Hall–Kier alpha value is 1.11. The molecule has 0 N–H and O–H groups in total. The van der Waals surface area contributed by atoms with Gasteiger partial charge < -0.3 is 0 Å². The first-order valence-corrected chi connectivity index (χ1v) is 10.5. The molecule has 0 aliphatic carbocycles. The summed E-state index contributed by atoms with van der Waals surface area (Å²) in [5, 5.41) is 1.26. The third-order valence-corrected chi connectivity index (χ3v) is 7.41. The molecular weight excluding hydrogens is 407 g/mol. The quantitative estimate of drug-likeness (QED) is 0.136. The SMILES string of the molecule is CCCCP(CCCC)C(Cl)CCC(Cl)=CC=C(C)C.[Ru+2]. The van der Waals surface area contributed by atoms with Gasteiger partial charge in [0.05, 0.1) is 5.12 Å². The van der Waals surface area contributed by atoms with Crippen LogP contribution in [0, 0.1) is 0 Å². The van der Waals surface area contributed by atoms with Gasteiger partial charge in [0.25, 0.3) is 0 Å². The van der Waals surface area contributed by atoms with E-state index in [1.54, 1.807) is 0 Å². The molecule has 0 aliphatic rings. The zero-order valence-electron chi connectivity index (χ0n) is 13.9. The summed E-state index contributed by atoms with van der Waals surface area (Å²) in [4.78, 5) is 0. The topological polar surface area (TPSA) is 0 Å². The molecule has 0 aromatic heterocycles. The van der Waals surface area contributed by atoms with Crippen LogP contribution in [0.5, 0.6) is 0 Å². The van der Waals surface area contributed by atoms with E-state index in [0.29, 0.717) is 5.12 Å². The first-order valence-electron chi connectivity index (χ1n) is 7.88. The van der Waals surface area contributed by atoms with Crippen molar-refractivity contribution >= 4 is 31.1 Å². The Morgan fingerprint density at radius 2 is 1.57 bits per heavy atom. The second-order valence-corrected chi connectivity index (χ2v) is 9.59. The maximum absolute atomic E-state index is 6.65. The molecule has 0 nitrogen and oxygen atoms in total.